The SMILES string of the molecule is CC(C)(C)C(=O)c1cccc(N2C(=O)CCC2=O)c1. The Balaban J connectivity index is 2.38. The number of carbonyl (C=O) groups excluding carboxylic acids is 3. The second-order valence-corrected chi connectivity index (χ2v) is 5.75. The van der Waals surface area contributed by atoms with Crippen molar-refractivity contribution in [3.8, 4) is 0 Å². The molecule has 4 nitrogen and oxygen atoms in total. The number of anilines is 1. The highest BCUT2D eigenvalue weighted by Crippen LogP contribution is 2.26. The van der Waals surface area contributed by atoms with Gasteiger partial charge in [-0.3, -0.25) is 19.3 Å². The van der Waals surface area contributed by atoms with Gasteiger partial charge in [-0.05, 0) is 12.1 Å². The van der Waals surface area contributed by atoms with E-state index >= 15 is 0 Å². The number of hydrogen-bond acceptors (Lipinski definition) is 3. The predicted molar refractivity (Wildman–Crippen MR) is 72.0 cm³/mol. The van der Waals surface area contributed by atoms with Gasteiger partial charge in [0.05, 0.1) is 5.69 Å². The molecule has 0 atom stereocenters. The molecule has 1 saturated heterocycles. The Labute approximate surface area is 112 Å². The van der Waals surface area contributed by atoms with E-state index in [2.05, 4.69) is 0 Å². The molecule has 2 rings (SSSR count). The normalized spacial score (nSPS) is 16.1. The van der Waals surface area contributed by atoms with Crippen LogP contribution in [-0.4, -0.2) is 17.6 Å². The third kappa shape index (κ3) is 2.57. The number of Topliss-reactive ketones (excluding diaryl/α,β-unsaturated/α-hetero) is 1. The zero-order chi connectivity index (χ0) is 14.2. The summed E-state index contributed by atoms with van der Waals surface area (Å²) >= 11 is 0. The number of benzene rings is 1. The van der Waals surface area contributed by atoms with Gasteiger partial charge in [-0.2, -0.15) is 0 Å². The monoisotopic (exact) mass is 259 g/mol. The second kappa shape index (κ2) is 4.61. The molecular weight excluding hydrogens is 242 g/mol. The number of rotatable bonds is 2. The molecule has 0 aromatic heterocycles. The van der Waals surface area contributed by atoms with Crippen molar-refractivity contribution < 1.29 is 14.4 Å². The Morgan fingerprint density at radius 2 is 1.68 bits per heavy atom. The molecule has 0 unspecified atom stereocenters. The van der Waals surface area contributed by atoms with Crippen molar-refractivity contribution in [1.29, 1.82) is 0 Å². The van der Waals surface area contributed by atoms with Crippen LogP contribution >= 0.6 is 0 Å². The molecule has 0 radical (unpaired) electrons. The van der Waals surface area contributed by atoms with Crippen molar-refractivity contribution in [3.63, 3.8) is 0 Å². The first kappa shape index (κ1) is 13.5. The number of nitrogens with zero attached hydrogens (tertiary/aromatic N) is 1. The number of amides is 2. The Morgan fingerprint density at radius 1 is 1.11 bits per heavy atom. The first-order chi connectivity index (χ1) is 8.80. The van der Waals surface area contributed by atoms with Crippen molar-refractivity contribution in [2.45, 2.75) is 33.6 Å². The number of hydrogen-bond donors (Lipinski definition) is 0. The van der Waals surface area contributed by atoms with Gasteiger partial charge < -0.3 is 0 Å². The van der Waals surface area contributed by atoms with Crippen LogP contribution in [0.4, 0.5) is 5.69 Å². The van der Waals surface area contributed by atoms with Gasteiger partial charge >= 0.3 is 0 Å². The minimum Gasteiger partial charge on any atom is -0.294 e. The average Bonchev–Trinajstić information content (AvgIpc) is 2.67. The van der Waals surface area contributed by atoms with Gasteiger partial charge in [0.25, 0.3) is 0 Å². The lowest BCUT2D eigenvalue weighted by Gasteiger charge is -2.19. The molecule has 0 N–H and O–H groups in total. The summed E-state index contributed by atoms with van der Waals surface area (Å²) in [6, 6.07) is 6.71. The fourth-order valence-corrected chi connectivity index (χ4v) is 2.08. The summed E-state index contributed by atoms with van der Waals surface area (Å²) in [5.74, 6) is -0.413. The van der Waals surface area contributed by atoms with Crippen LogP contribution in [0, 0.1) is 5.41 Å². The smallest absolute Gasteiger partial charge is 0.234 e. The summed E-state index contributed by atoms with van der Waals surface area (Å²) < 4.78 is 0. The molecule has 4 heteroatoms. The van der Waals surface area contributed by atoms with E-state index in [9.17, 15) is 14.4 Å². The Morgan fingerprint density at radius 3 is 2.21 bits per heavy atom. The van der Waals surface area contributed by atoms with Crippen molar-refractivity contribution in [1.82, 2.24) is 0 Å². The Bertz CT molecular complexity index is 539. The predicted octanol–water partition coefficient (Wildman–Crippen LogP) is 2.57. The summed E-state index contributed by atoms with van der Waals surface area (Å²) in [6.45, 7) is 5.52. The highest BCUT2D eigenvalue weighted by molar-refractivity contribution is 6.20. The average molecular weight is 259 g/mol. The standard InChI is InChI=1S/C15H17NO3/c1-15(2,3)14(19)10-5-4-6-11(9-10)16-12(17)7-8-13(16)18/h4-6,9H,7-8H2,1-3H3. The fourth-order valence-electron chi connectivity index (χ4n) is 2.08. The van der Waals surface area contributed by atoms with Gasteiger partial charge in [0.1, 0.15) is 0 Å². The summed E-state index contributed by atoms with van der Waals surface area (Å²) in [7, 11) is 0. The van der Waals surface area contributed by atoms with Crippen LogP contribution in [0.1, 0.15) is 44.0 Å². The highest BCUT2D eigenvalue weighted by atomic mass is 16.2. The fraction of sp³-hybridized carbons (Fsp3) is 0.400. The summed E-state index contributed by atoms with van der Waals surface area (Å²) in [5.41, 5.74) is 0.526. The highest BCUT2D eigenvalue weighted by Gasteiger charge is 2.31. The van der Waals surface area contributed by atoms with Gasteiger partial charge in [0, 0.05) is 23.8 Å². The summed E-state index contributed by atoms with van der Waals surface area (Å²) in [6.07, 6.45) is 0.493. The van der Waals surface area contributed by atoms with E-state index in [4.69, 9.17) is 0 Å². The van der Waals surface area contributed by atoms with Crippen molar-refractivity contribution in [2.75, 3.05) is 4.90 Å². The third-order valence-corrected chi connectivity index (χ3v) is 3.10. The van der Waals surface area contributed by atoms with Gasteiger partial charge in [0.2, 0.25) is 11.8 Å². The van der Waals surface area contributed by atoms with E-state index in [-0.39, 0.29) is 30.4 Å². The largest absolute Gasteiger partial charge is 0.294 e. The molecule has 2 amide bonds. The minimum atomic E-state index is -0.488. The number of ketones is 1. The molecular formula is C15H17NO3. The molecule has 1 heterocycles. The molecule has 0 spiro atoms. The number of carbonyl (C=O) groups is 3. The second-order valence-electron chi connectivity index (χ2n) is 5.75. The quantitative estimate of drug-likeness (QED) is 0.606. The van der Waals surface area contributed by atoms with E-state index in [0.717, 1.165) is 0 Å². The maximum absolute atomic E-state index is 12.2. The first-order valence-corrected chi connectivity index (χ1v) is 6.31. The Hall–Kier alpha value is -1.97. The molecule has 0 bridgehead atoms. The molecule has 1 aliphatic heterocycles. The molecule has 1 fully saturated rings. The van der Waals surface area contributed by atoms with Gasteiger partial charge in [-0.1, -0.05) is 32.9 Å². The minimum absolute atomic E-state index is 0.00607. The van der Waals surface area contributed by atoms with E-state index < -0.39 is 5.41 Å². The third-order valence-electron chi connectivity index (χ3n) is 3.10. The molecule has 1 aromatic carbocycles. The molecule has 19 heavy (non-hydrogen) atoms. The van der Waals surface area contributed by atoms with E-state index in [0.29, 0.717) is 11.3 Å². The summed E-state index contributed by atoms with van der Waals surface area (Å²) in [5, 5.41) is 0. The number of imide groups is 1. The van der Waals surface area contributed by atoms with Crippen molar-refractivity contribution >= 4 is 23.3 Å². The van der Waals surface area contributed by atoms with E-state index in [1.54, 1.807) is 24.3 Å². The van der Waals surface area contributed by atoms with Crippen LogP contribution in [0.2, 0.25) is 0 Å². The van der Waals surface area contributed by atoms with E-state index in [1.165, 1.54) is 4.90 Å². The Kier molecular flexibility index (Phi) is 3.27. The van der Waals surface area contributed by atoms with Gasteiger partial charge in [-0.25, -0.2) is 0 Å². The van der Waals surface area contributed by atoms with Gasteiger partial charge in [-0.15, -0.1) is 0 Å². The zero-order valence-corrected chi connectivity index (χ0v) is 11.4. The lowest BCUT2D eigenvalue weighted by atomic mass is 9.86. The van der Waals surface area contributed by atoms with Crippen molar-refractivity contribution in [3.05, 3.63) is 29.8 Å². The lowest BCUT2D eigenvalue weighted by molar-refractivity contribution is -0.121. The molecule has 100 valence electrons. The van der Waals surface area contributed by atoms with Crippen LogP contribution in [0.5, 0.6) is 0 Å². The van der Waals surface area contributed by atoms with Gasteiger partial charge in [0.15, 0.2) is 5.78 Å². The van der Waals surface area contributed by atoms with E-state index in [1.807, 2.05) is 20.8 Å². The molecule has 0 saturated carbocycles. The summed E-state index contributed by atoms with van der Waals surface area (Å²) in [4.78, 5) is 36.7. The first-order valence-electron chi connectivity index (χ1n) is 6.31. The zero-order valence-electron chi connectivity index (χ0n) is 11.4. The maximum atomic E-state index is 12.2. The van der Waals surface area contributed by atoms with Crippen LogP contribution in [0.25, 0.3) is 0 Å². The molecule has 0 aliphatic carbocycles. The van der Waals surface area contributed by atoms with Crippen LogP contribution in [0.3, 0.4) is 0 Å². The molecule has 1 aromatic rings. The molecule has 1 aliphatic rings. The topological polar surface area (TPSA) is 54.5 Å². The van der Waals surface area contributed by atoms with Crippen LogP contribution < -0.4 is 4.90 Å². The maximum Gasteiger partial charge on any atom is 0.234 e. The van der Waals surface area contributed by atoms with Crippen LogP contribution in [0.15, 0.2) is 24.3 Å². The van der Waals surface area contributed by atoms with Crippen molar-refractivity contribution in [2.24, 2.45) is 5.41 Å². The van der Waals surface area contributed by atoms with Crippen LogP contribution in [-0.2, 0) is 9.59 Å². The lowest BCUT2D eigenvalue weighted by Crippen LogP contribution is -2.29.